The molecule has 2 aliphatic heterocycles. The number of hydrogen-bond donors (Lipinski definition) is 3. The molecule has 2 aromatic carbocycles. The van der Waals surface area contributed by atoms with Gasteiger partial charge >= 0.3 is 6.09 Å². The molecule has 1 amide bonds. The van der Waals surface area contributed by atoms with Crippen LogP contribution in [0.1, 0.15) is 56.2 Å². The van der Waals surface area contributed by atoms with Crippen LogP contribution in [0, 0.1) is 0 Å². The number of halogens is 1. The van der Waals surface area contributed by atoms with E-state index in [1.54, 1.807) is 45.3 Å². The largest absolute Gasteiger partial charge is 0.444 e. The minimum atomic E-state index is -0.482. The van der Waals surface area contributed by atoms with Crippen molar-refractivity contribution >= 4 is 139 Å². The maximum atomic E-state index is 12.5. The zero-order chi connectivity index (χ0) is 40.3. The summed E-state index contributed by atoms with van der Waals surface area (Å²) in [6.45, 7) is 9.14. The lowest BCUT2D eigenvalue weighted by Gasteiger charge is -2.26. The third-order valence-electron chi connectivity index (χ3n) is 10.1. The highest BCUT2D eigenvalue weighted by molar-refractivity contribution is 7.20. The van der Waals surface area contributed by atoms with Crippen molar-refractivity contribution in [3.63, 3.8) is 0 Å². The van der Waals surface area contributed by atoms with E-state index in [1.165, 1.54) is 35.7 Å². The summed E-state index contributed by atoms with van der Waals surface area (Å²) < 4.78 is 7.95. The minimum absolute atomic E-state index is 0. The van der Waals surface area contributed by atoms with Crippen molar-refractivity contribution < 1.29 is 9.53 Å². The zero-order valence-electron chi connectivity index (χ0n) is 33.5. The highest BCUT2D eigenvalue weighted by Crippen LogP contribution is 2.38. The second kappa shape index (κ2) is 18.3. The third-order valence-corrected chi connectivity index (χ3v) is 14.0. The fourth-order valence-electron chi connectivity index (χ4n) is 7.21. The molecule has 0 bridgehead atoms. The third kappa shape index (κ3) is 9.64. The van der Waals surface area contributed by atoms with Gasteiger partial charge in [0.05, 0.1) is 42.8 Å². The van der Waals surface area contributed by atoms with Crippen LogP contribution in [0.25, 0.3) is 52.0 Å². The molecule has 3 N–H and O–H groups in total. The number of benzene rings is 2. The lowest BCUT2D eigenvalue weighted by Crippen LogP contribution is -2.37. The summed E-state index contributed by atoms with van der Waals surface area (Å²) in [6, 6.07) is 21.1. The highest BCUT2D eigenvalue weighted by Gasteiger charge is 2.24. The van der Waals surface area contributed by atoms with Crippen LogP contribution in [0.2, 0.25) is 0 Å². The standard InChI is InChI=1S/C25H26N4O2S2.C20H18N4S2.ClH/c1-25(2,3)31-24(30)29-11-4-5-16(9-12-29)22-14-18-19(8-10-26-23(18)33-22)28-17-6-7-21-20(13-17)27-15-32-21;1-2-13(5-8-21-7-1)19-11-15-16(6-9-22-20(15)26-19)24-14-3-4-18-17(10-14)23-12-25-18;/h5-8,10,13-15H,4,9,11-12H2,1-3H3,(H,26,28);2-4,6,9-12,21H,1,5,7-8H2,(H,22,24);1H. The van der Waals surface area contributed by atoms with E-state index >= 15 is 0 Å². The molecule has 0 radical (unpaired) electrons. The van der Waals surface area contributed by atoms with E-state index in [0.29, 0.717) is 13.1 Å². The second-order valence-electron chi connectivity index (χ2n) is 15.4. The van der Waals surface area contributed by atoms with Gasteiger partial charge < -0.3 is 25.6 Å². The number of hydrogen-bond acceptors (Lipinski definition) is 13. The Hall–Kier alpha value is -4.96. The number of rotatable bonds is 6. The highest BCUT2D eigenvalue weighted by atomic mass is 35.5. The molecule has 0 spiro atoms. The monoisotopic (exact) mass is 892 g/mol. The van der Waals surface area contributed by atoms with Crippen LogP contribution < -0.4 is 16.0 Å². The Kier molecular flexibility index (Phi) is 12.8. The summed E-state index contributed by atoms with van der Waals surface area (Å²) in [4.78, 5) is 36.9. The molecule has 0 aliphatic carbocycles. The van der Waals surface area contributed by atoms with Crippen molar-refractivity contribution in [1.82, 2.24) is 30.2 Å². The molecule has 0 saturated heterocycles. The number of pyridine rings is 2. The minimum Gasteiger partial charge on any atom is -0.444 e. The first-order valence-electron chi connectivity index (χ1n) is 19.8. The summed E-state index contributed by atoms with van der Waals surface area (Å²) in [5.74, 6) is 0. The van der Waals surface area contributed by atoms with Crippen LogP contribution in [0.15, 0.2) is 96.2 Å². The SMILES string of the molecule is C1=C(c2cc3c(Nc4ccc5scnc5c4)ccnc3s2)CCNCC1.CC(C)(C)OC(=O)N1CCC=C(c2cc3c(Nc4ccc5scnc5c4)ccnc3s2)CC1.Cl. The average molecular weight is 894 g/mol. The van der Waals surface area contributed by atoms with Crippen molar-refractivity contribution in [1.29, 1.82) is 0 Å². The number of nitrogens with one attached hydrogen (secondary N) is 3. The Morgan fingerprint density at radius 2 is 1.27 bits per heavy atom. The normalized spacial score (nSPS) is 14.8. The number of ether oxygens (including phenoxy) is 1. The first-order valence-corrected chi connectivity index (χ1v) is 23.2. The van der Waals surface area contributed by atoms with Gasteiger partial charge in [-0.15, -0.1) is 57.8 Å². The number of carbonyl (C=O) groups is 1. The molecule has 15 heteroatoms. The molecule has 8 heterocycles. The van der Waals surface area contributed by atoms with Crippen molar-refractivity contribution in [2.75, 3.05) is 36.8 Å². The number of amides is 1. The second-order valence-corrected chi connectivity index (χ2v) is 19.3. The number of nitrogens with zero attached hydrogens (tertiary/aromatic N) is 5. The maximum Gasteiger partial charge on any atom is 0.410 e. The van der Waals surface area contributed by atoms with Gasteiger partial charge in [-0.3, -0.25) is 0 Å². The molecular formula is C45H45ClN8O2S4. The van der Waals surface area contributed by atoms with E-state index in [2.05, 4.69) is 96.6 Å². The fourth-order valence-corrected chi connectivity index (χ4v) is 10.7. The van der Waals surface area contributed by atoms with Crippen molar-refractivity contribution in [3.8, 4) is 0 Å². The van der Waals surface area contributed by atoms with Gasteiger partial charge in [0.15, 0.2) is 0 Å². The van der Waals surface area contributed by atoms with Gasteiger partial charge in [-0.05, 0) is 131 Å². The van der Waals surface area contributed by atoms with Gasteiger partial charge in [-0.2, -0.15) is 0 Å². The first-order chi connectivity index (χ1) is 28.7. The smallest absolute Gasteiger partial charge is 0.410 e. The number of fused-ring (bicyclic) bond motifs is 4. The number of aromatic nitrogens is 4. The molecule has 0 saturated carbocycles. The number of thiazole rings is 2. The summed E-state index contributed by atoms with van der Waals surface area (Å²) in [5, 5.41) is 12.8. The van der Waals surface area contributed by atoms with E-state index in [4.69, 9.17) is 4.74 Å². The van der Waals surface area contributed by atoms with Crippen LogP contribution in [0.5, 0.6) is 0 Å². The zero-order valence-corrected chi connectivity index (χ0v) is 37.6. The molecule has 0 fully saturated rings. The van der Waals surface area contributed by atoms with Crippen LogP contribution in [0.4, 0.5) is 27.5 Å². The Morgan fingerprint density at radius 1 is 0.700 bits per heavy atom. The summed E-state index contributed by atoms with van der Waals surface area (Å²) >= 11 is 6.79. The fraction of sp³-hybridized carbons (Fsp3) is 0.267. The quantitative estimate of drug-likeness (QED) is 0.150. The van der Waals surface area contributed by atoms with Crippen LogP contribution >= 0.6 is 57.8 Å². The van der Waals surface area contributed by atoms with E-state index in [-0.39, 0.29) is 18.5 Å². The van der Waals surface area contributed by atoms with Crippen molar-refractivity contribution in [2.45, 2.75) is 52.1 Å². The topological polar surface area (TPSA) is 117 Å². The van der Waals surface area contributed by atoms with Crippen LogP contribution in [-0.4, -0.2) is 62.7 Å². The van der Waals surface area contributed by atoms with E-state index < -0.39 is 5.60 Å². The van der Waals surface area contributed by atoms with E-state index in [0.717, 1.165) is 87.6 Å². The van der Waals surface area contributed by atoms with Crippen molar-refractivity contribution in [2.24, 2.45) is 0 Å². The predicted molar refractivity (Wildman–Crippen MR) is 257 cm³/mol. The molecule has 60 heavy (non-hydrogen) atoms. The molecule has 0 atom stereocenters. The lowest BCUT2D eigenvalue weighted by atomic mass is 10.1. The number of carbonyl (C=O) groups excluding carboxylic acids is 1. The molecule has 2 aliphatic rings. The van der Waals surface area contributed by atoms with E-state index in [9.17, 15) is 4.79 Å². The summed E-state index contributed by atoms with van der Waals surface area (Å²) in [7, 11) is 0. The Labute approximate surface area is 370 Å². The molecule has 0 unspecified atom stereocenters. The van der Waals surface area contributed by atoms with Gasteiger partial charge in [0.1, 0.15) is 15.3 Å². The van der Waals surface area contributed by atoms with Gasteiger partial charge in [0, 0.05) is 57.4 Å². The van der Waals surface area contributed by atoms with Crippen LogP contribution in [-0.2, 0) is 4.74 Å². The molecule has 308 valence electrons. The van der Waals surface area contributed by atoms with Crippen molar-refractivity contribution in [3.05, 3.63) is 106 Å². The average Bonchev–Trinajstić information content (AvgIpc) is 4.00. The lowest BCUT2D eigenvalue weighted by molar-refractivity contribution is 0.0260. The Bertz CT molecular complexity index is 2850. The Balaban J connectivity index is 0.000000168. The van der Waals surface area contributed by atoms with E-state index in [1.807, 2.05) is 61.2 Å². The number of thiophene rings is 2. The number of anilines is 4. The van der Waals surface area contributed by atoms with Gasteiger partial charge in [0.25, 0.3) is 0 Å². The molecular weight excluding hydrogens is 848 g/mol. The maximum absolute atomic E-state index is 12.5. The first kappa shape index (κ1) is 41.8. The van der Waals surface area contributed by atoms with Gasteiger partial charge in [-0.25, -0.2) is 24.7 Å². The van der Waals surface area contributed by atoms with Gasteiger partial charge in [0.2, 0.25) is 0 Å². The molecule has 10 nitrogen and oxygen atoms in total. The summed E-state index contributed by atoms with van der Waals surface area (Å²) in [5.41, 5.74) is 12.2. The van der Waals surface area contributed by atoms with Crippen LogP contribution in [0.3, 0.4) is 0 Å². The molecule has 8 aromatic rings. The Morgan fingerprint density at radius 3 is 1.85 bits per heavy atom. The molecule has 10 rings (SSSR count). The predicted octanol–water partition coefficient (Wildman–Crippen LogP) is 12.9. The van der Waals surface area contributed by atoms with Gasteiger partial charge in [-0.1, -0.05) is 12.2 Å². The summed E-state index contributed by atoms with van der Waals surface area (Å²) in [6.07, 6.45) is 11.9. The molecule has 6 aromatic heterocycles.